The first-order valence-electron chi connectivity index (χ1n) is 2.54. The maximum atomic E-state index is 8.81. The zero-order valence-electron chi connectivity index (χ0n) is 5.93. The highest BCUT2D eigenvalue weighted by Crippen LogP contribution is 1.93. The monoisotopic (exact) mass is 118 g/mol. The van der Waals surface area contributed by atoms with Crippen LogP contribution in [0.25, 0.3) is 0 Å². The summed E-state index contributed by atoms with van der Waals surface area (Å²) >= 11 is 0. The smallest absolute Gasteiger partial charge is 0.116 e. The summed E-state index contributed by atoms with van der Waals surface area (Å²) in [5.74, 6) is 0. The molecule has 0 saturated carbocycles. The second-order valence-electron chi connectivity index (χ2n) is 2.41. The molecule has 0 unspecified atom stereocenters. The summed E-state index contributed by atoms with van der Waals surface area (Å²) in [6.07, 6.45) is 0.750. The molecule has 0 spiro atoms. The average molecular weight is 118 g/mol. The average Bonchev–Trinajstić information content (AvgIpc) is 1.27. The van der Waals surface area contributed by atoms with Crippen molar-refractivity contribution in [2.45, 2.75) is 33.3 Å². The minimum atomic E-state index is -0.500. The van der Waals surface area contributed by atoms with Crippen LogP contribution in [0.15, 0.2) is 0 Å². The molecule has 0 aliphatic rings. The Bertz CT molecular complexity index is 46.0. The van der Waals surface area contributed by atoms with E-state index < -0.39 is 5.60 Å². The lowest BCUT2D eigenvalue weighted by Crippen LogP contribution is -2.10. The Morgan fingerprint density at radius 2 is 1.38 bits per heavy atom. The lowest BCUT2D eigenvalue weighted by molar-refractivity contribution is -0.106. The molecule has 0 aliphatic carbocycles. The number of hydrogen-bond acceptors (Lipinski definition) is 2. The van der Waals surface area contributed by atoms with Crippen LogP contribution < -0.4 is 0 Å². The highest BCUT2D eigenvalue weighted by atomic mass is 16.3. The van der Waals surface area contributed by atoms with Crippen LogP contribution in [0.4, 0.5) is 0 Å². The third kappa shape index (κ3) is 882. The van der Waals surface area contributed by atoms with Crippen molar-refractivity contribution in [3.05, 3.63) is 0 Å². The van der Waals surface area contributed by atoms with E-state index in [1.54, 1.807) is 20.8 Å². The number of carbonyl (C=O) groups is 1. The van der Waals surface area contributed by atoms with E-state index >= 15 is 0 Å². The first-order chi connectivity index (χ1) is 3.41. The van der Waals surface area contributed by atoms with Gasteiger partial charge in [0.05, 0.1) is 5.60 Å². The zero-order chi connectivity index (χ0) is 7.21. The lowest BCUT2D eigenvalue weighted by atomic mass is 10.2. The van der Waals surface area contributed by atoms with Crippen LogP contribution in [0.1, 0.15) is 27.7 Å². The number of aliphatic hydroxyl groups is 1. The van der Waals surface area contributed by atoms with E-state index in [0.29, 0.717) is 0 Å². The van der Waals surface area contributed by atoms with Crippen molar-refractivity contribution in [1.82, 2.24) is 0 Å². The van der Waals surface area contributed by atoms with Gasteiger partial charge >= 0.3 is 0 Å². The molecule has 0 aromatic rings. The Kier molecular flexibility index (Phi) is 6.32. The standard InChI is InChI=1S/C4H10O.C2H4O/c1-4(2,3)5;1-2-3/h5H,1-3H3;2H,1H3. The maximum absolute atomic E-state index is 8.81. The van der Waals surface area contributed by atoms with Gasteiger partial charge in [0.25, 0.3) is 0 Å². The van der Waals surface area contributed by atoms with Crippen LogP contribution >= 0.6 is 0 Å². The van der Waals surface area contributed by atoms with Gasteiger partial charge in [-0.25, -0.2) is 0 Å². The molecule has 1 N–H and O–H groups in total. The largest absolute Gasteiger partial charge is 0.391 e. The minimum Gasteiger partial charge on any atom is -0.391 e. The highest BCUT2D eigenvalue weighted by molar-refractivity contribution is 5.44. The third-order valence-electron chi connectivity index (χ3n) is 0. The molecule has 0 rings (SSSR count). The molecule has 50 valence electrons. The molecule has 0 bridgehead atoms. The van der Waals surface area contributed by atoms with E-state index in [0.717, 1.165) is 6.29 Å². The summed E-state index contributed by atoms with van der Waals surface area (Å²) in [6, 6.07) is 0. The predicted molar refractivity (Wildman–Crippen MR) is 33.7 cm³/mol. The summed E-state index contributed by atoms with van der Waals surface area (Å²) < 4.78 is 0. The van der Waals surface area contributed by atoms with E-state index in [2.05, 4.69) is 0 Å². The van der Waals surface area contributed by atoms with Crippen molar-refractivity contribution in [1.29, 1.82) is 0 Å². The molecule has 0 heterocycles. The SMILES string of the molecule is CC(C)(C)O.CC=O. The Labute approximate surface area is 50.5 Å². The Morgan fingerprint density at radius 1 is 1.38 bits per heavy atom. The van der Waals surface area contributed by atoms with Gasteiger partial charge in [-0.05, 0) is 27.7 Å². The zero-order valence-corrected chi connectivity index (χ0v) is 5.93. The van der Waals surface area contributed by atoms with Crippen LogP contribution in [0.3, 0.4) is 0 Å². The summed E-state index contributed by atoms with van der Waals surface area (Å²) in [5, 5.41) is 8.52. The Morgan fingerprint density at radius 3 is 1.38 bits per heavy atom. The number of rotatable bonds is 0. The Balaban J connectivity index is 0. The molecule has 0 amide bonds. The summed E-state index contributed by atoms with van der Waals surface area (Å²) in [7, 11) is 0. The van der Waals surface area contributed by atoms with Crippen molar-refractivity contribution in [3.63, 3.8) is 0 Å². The Hall–Kier alpha value is -0.370. The normalized spacial score (nSPS) is 9.12. The van der Waals surface area contributed by atoms with Crippen molar-refractivity contribution >= 4 is 6.29 Å². The van der Waals surface area contributed by atoms with Crippen molar-refractivity contribution < 1.29 is 9.90 Å². The van der Waals surface area contributed by atoms with Crippen molar-refractivity contribution in [2.75, 3.05) is 0 Å². The van der Waals surface area contributed by atoms with Gasteiger partial charge in [0, 0.05) is 0 Å². The predicted octanol–water partition coefficient (Wildman–Crippen LogP) is 0.982. The summed E-state index contributed by atoms with van der Waals surface area (Å²) in [6.45, 7) is 6.67. The molecule has 0 radical (unpaired) electrons. The highest BCUT2D eigenvalue weighted by Gasteiger charge is 1.97. The molecule has 8 heavy (non-hydrogen) atoms. The quantitative estimate of drug-likeness (QED) is 0.481. The molecule has 0 aromatic carbocycles. The van der Waals surface area contributed by atoms with E-state index in [4.69, 9.17) is 9.90 Å². The topological polar surface area (TPSA) is 37.3 Å². The van der Waals surface area contributed by atoms with Gasteiger partial charge < -0.3 is 9.90 Å². The van der Waals surface area contributed by atoms with Gasteiger partial charge in [0.1, 0.15) is 6.29 Å². The van der Waals surface area contributed by atoms with Gasteiger partial charge in [0.15, 0.2) is 0 Å². The first kappa shape index (κ1) is 10.6. The van der Waals surface area contributed by atoms with Crippen LogP contribution in [-0.4, -0.2) is 17.0 Å². The molecule has 0 aliphatic heterocycles. The number of hydrogen-bond donors (Lipinski definition) is 1. The van der Waals surface area contributed by atoms with E-state index in [9.17, 15) is 0 Å². The first-order valence-corrected chi connectivity index (χ1v) is 2.54. The third-order valence-corrected chi connectivity index (χ3v) is 0. The van der Waals surface area contributed by atoms with Gasteiger partial charge in [-0.1, -0.05) is 0 Å². The summed E-state index contributed by atoms with van der Waals surface area (Å²) in [4.78, 5) is 8.81. The second-order valence-corrected chi connectivity index (χ2v) is 2.41. The van der Waals surface area contributed by atoms with Crippen molar-refractivity contribution in [3.8, 4) is 0 Å². The fourth-order valence-electron chi connectivity index (χ4n) is 0. The summed E-state index contributed by atoms with van der Waals surface area (Å²) in [5.41, 5.74) is -0.500. The van der Waals surface area contributed by atoms with Crippen LogP contribution in [0, 0.1) is 0 Å². The van der Waals surface area contributed by atoms with Crippen LogP contribution in [-0.2, 0) is 4.79 Å². The number of aldehydes is 1. The lowest BCUT2D eigenvalue weighted by Gasteiger charge is -2.04. The molecular weight excluding hydrogens is 104 g/mol. The minimum absolute atomic E-state index is 0.500. The van der Waals surface area contributed by atoms with E-state index in [-0.39, 0.29) is 0 Å². The van der Waals surface area contributed by atoms with Gasteiger partial charge in [-0.3, -0.25) is 0 Å². The molecular formula is C6H14O2. The molecule has 2 heteroatoms. The second kappa shape index (κ2) is 4.78. The fraction of sp³-hybridized carbons (Fsp3) is 0.833. The molecule has 0 atom stereocenters. The fourth-order valence-corrected chi connectivity index (χ4v) is 0. The maximum Gasteiger partial charge on any atom is 0.116 e. The van der Waals surface area contributed by atoms with Gasteiger partial charge in [0.2, 0.25) is 0 Å². The molecule has 2 nitrogen and oxygen atoms in total. The van der Waals surface area contributed by atoms with Crippen LogP contribution in [0.2, 0.25) is 0 Å². The van der Waals surface area contributed by atoms with Crippen LogP contribution in [0.5, 0.6) is 0 Å². The molecule has 0 saturated heterocycles. The number of carbonyl (C=O) groups excluding carboxylic acids is 1. The van der Waals surface area contributed by atoms with E-state index in [1.165, 1.54) is 6.92 Å². The molecule has 0 fully saturated rings. The van der Waals surface area contributed by atoms with Gasteiger partial charge in [-0.15, -0.1) is 0 Å². The van der Waals surface area contributed by atoms with Crippen molar-refractivity contribution in [2.24, 2.45) is 0 Å². The van der Waals surface area contributed by atoms with Gasteiger partial charge in [-0.2, -0.15) is 0 Å². The van der Waals surface area contributed by atoms with E-state index in [1.807, 2.05) is 0 Å². The molecule has 0 aromatic heterocycles.